The number of rotatable bonds is 8. The summed E-state index contributed by atoms with van der Waals surface area (Å²) in [5, 5.41) is 5.45. The van der Waals surface area contributed by atoms with Crippen LogP contribution in [0, 0.1) is 0 Å². The Kier molecular flexibility index (Phi) is 5.52. The van der Waals surface area contributed by atoms with Crippen molar-refractivity contribution in [1.82, 2.24) is 9.88 Å². The first-order valence-corrected chi connectivity index (χ1v) is 9.37. The molecule has 0 aliphatic heterocycles. The van der Waals surface area contributed by atoms with Gasteiger partial charge in [-0.2, -0.15) is 0 Å². The molecule has 4 nitrogen and oxygen atoms in total. The van der Waals surface area contributed by atoms with Crippen molar-refractivity contribution in [2.45, 2.75) is 40.2 Å². The van der Waals surface area contributed by atoms with Gasteiger partial charge in [0.25, 0.3) is 0 Å². The summed E-state index contributed by atoms with van der Waals surface area (Å²) < 4.78 is 2.30. The average molecular weight is 350 g/mol. The Bertz CT molecular complexity index is 969. The molecule has 0 saturated heterocycles. The molecule has 1 heterocycles. The fraction of sp³-hybridized carbons (Fsp3) is 0.364. The first-order valence-electron chi connectivity index (χ1n) is 9.37. The average Bonchev–Trinajstić information content (AvgIpc) is 2.97. The monoisotopic (exact) mass is 350 g/mol. The summed E-state index contributed by atoms with van der Waals surface area (Å²) in [6, 6.07) is 11.8. The van der Waals surface area contributed by atoms with Gasteiger partial charge in [-0.25, -0.2) is 0 Å². The summed E-state index contributed by atoms with van der Waals surface area (Å²) in [5.41, 5.74) is 3.67. The molecule has 0 aliphatic rings. The van der Waals surface area contributed by atoms with Crippen LogP contribution in [-0.4, -0.2) is 29.2 Å². The van der Waals surface area contributed by atoms with E-state index in [1.54, 1.807) is 6.92 Å². The lowest BCUT2D eigenvalue weighted by Gasteiger charge is -2.08. The van der Waals surface area contributed by atoms with Crippen LogP contribution in [0.1, 0.15) is 54.3 Å². The van der Waals surface area contributed by atoms with Crippen LogP contribution >= 0.6 is 0 Å². The summed E-state index contributed by atoms with van der Waals surface area (Å²) >= 11 is 0. The number of nitrogens with zero attached hydrogens (tertiary/aromatic N) is 1. The van der Waals surface area contributed by atoms with E-state index >= 15 is 0 Å². The highest BCUT2D eigenvalue weighted by Gasteiger charge is 2.14. The Labute approximate surface area is 154 Å². The minimum absolute atomic E-state index is 0.0562. The molecule has 1 aromatic heterocycles. The second-order valence-electron chi connectivity index (χ2n) is 6.66. The molecule has 2 aromatic carbocycles. The quantitative estimate of drug-likeness (QED) is 0.477. The number of nitrogens with one attached hydrogen (secondary N) is 1. The third-order valence-electron chi connectivity index (χ3n) is 4.90. The van der Waals surface area contributed by atoms with E-state index in [0.717, 1.165) is 53.4 Å². The van der Waals surface area contributed by atoms with Crippen molar-refractivity contribution in [3.63, 3.8) is 0 Å². The zero-order valence-corrected chi connectivity index (χ0v) is 15.8. The molecular formula is C22H26N2O2. The fourth-order valence-electron chi connectivity index (χ4n) is 3.48. The van der Waals surface area contributed by atoms with Crippen molar-refractivity contribution < 1.29 is 9.59 Å². The summed E-state index contributed by atoms with van der Waals surface area (Å²) in [5.74, 6) is 0.198. The van der Waals surface area contributed by atoms with Crippen LogP contribution in [-0.2, 0) is 6.54 Å². The minimum Gasteiger partial charge on any atom is -0.340 e. The first-order chi connectivity index (χ1) is 12.6. The molecule has 0 amide bonds. The Morgan fingerprint density at radius 2 is 1.58 bits per heavy atom. The van der Waals surface area contributed by atoms with Gasteiger partial charge in [0.15, 0.2) is 11.6 Å². The van der Waals surface area contributed by atoms with E-state index in [4.69, 9.17) is 0 Å². The van der Waals surface area contributed by atoms with Crippen molar-refractivity contribution >= 4 is 33.4 Å². The second-order valence-corrected chi connectivity index (χ2v) is 6.66. The Hall–Kier alpha value is -2.46. The first kappa shape index (κ1) is 18.3. The normalized spacial score (nSPS) is 11.3. The van der Waals surface area contributed by atoms with E-state index in [0.29, 0.717) is 12.0 Å². The minimum atomic E-state index is 0.0562. The Morgan fingerprint density at radius 1 is 0.962 bits per heavy atom. The van der Waals surface area contributed by atoms with E-state index in [9.17, 15) is 9.59 Å². The zero-order valence-electron chi connectivity index (χ0n) is 15.8. The van der Waals surface area contributed by atoms with Crippen molar-refractivity contribution in [2.24, 2.45) is 0 Å². The maximum absolute atomic E-state index is 12.1. The van der Waals surface area contributed by atoms with Gasteiger partial charge in [-0.3, -0.25) is 9.59 Å². The molecule has 3 rings (SSSR count). The van der Waals surface area contributed by atoms with Crippen LogP contribution in [0.4, 0.5) is 0 Å². The molecule has 0 aliphatic carbocycles. The van der Waals surface area contributed by atoms with E-state index in [-0.39, 0.29) is 11.6 Å². The van der Waals surface area contributed by atoms with Crippen LogP contribution in [0.15, 0.2) is 36.4 Å². The smallest absolute Gasteiger partial charge is 0.162 e. The molecule has 0 fully saturated rings. The third kappa shape index (κ3) is 3.42. The second kappa shape index (κ2) is 7.83. The number of hydrogen-bond acceptors (Lipinski definition) is 3. The molecule has 136 valence electrons. The molecular weight excluding hydrogens is 324 g/mol. The predicted molar refractivity (Wildman–Crippen MR) is 107 cm³/mol. The van der Waals surface area contributed by atoms with E-state index < -0.39 is 0 Å². The van der Waals surface area contributed by atoms with Crippen LogP contribution in [0.25, 0.3) is 21.8 Å². The molecule has 0 saturated carbocycles. The van der Waals surface area contributed by atoms with Crippen LogP contribution in [0.3, 0.4) is 0 Å². The van der Waals surface area contributed by atoms with Gasteiger partial charge in [-0.1, -0.05) is 13.8 Å². The summed E-state index contributed by atoms with van der Waals surface area (Å²) in [6.07, 6.45) is 1.52. The molecule has 0 radical (unpaired) electrons. The lowest BCUT2D eigenvalue weighted by Crippen LogP contribution is -2.15. The molecule has 1 N–H and O–H groups in total. The van der Waals surface area contributed by atoms with Gasteiger partial charge in [0.1, 0.15) is 0 Å². The molecule has 3 aromatic rings. The Balaban J connectivity index is 2.17. The van der Waals surface area contributed by atoms with Crippen molar-refractivity contribution in [2.75, 3.05) is 13.1 Å². The number of ketones is 2. The highest BCUT2D eigenvalue weighted by molar-refractivity contribution is 6.12. The molecule has 0 spiro atoms. The van der Waals surface area contributed by atoms with E-state index in [2.05, 4.69) is 16.8 Å². The van der Waals surface area contributed by atoms with Crippen LogP contribution in [0.5, 0.6) is 0 Å². The summed E-state index contributed by atoms with van der Waals surface area (Å²) in [4.78, 5) is 24.0. The zero-order chi connectivity index (χ0) is 18.7. The highest BCUT2D eigenvalue weighted by atomic mass is 16.1. The van der Waals surface area contributed by atoms with Crippen molar-refractivity contribution in [3.05, 3.63) is 47.5 Å². The van der Waals surface area contributed by atoms with Gasteiger partial charge in [0.05, 0.1) is 0 Å². The number of carbonyl (C=O) groups is 2. The van der Waals surface area contributed by atoms with Gasteiger partial charge in [0, 0.05) is 45.9 Å². The summed E-state index contributed by atoms with van der Waals surface area (Å²) in [6.45, 7) is 8.41. The fourth-order valence-corrected chi connectivity index (χ4v) is 3.48. The largest absolute Gasteiger partial charge is 0.340 e. The van der Waals surface area contributed by atoms with Crippen LogP contribution < -0.4 is 5.32 Å². The van der Waals surface area contributed by atoms with Gasteiger partial charge in [-0.05, 0) is 62.8 Å². The molecule has 0 unspecified atom stereocenters. The SMILES string of the molecule is CCNCCCn1c2ccc(C(C)=O)cc2c2cc(C(=O)CC)ccc21. The number of benzene rings is 2. The predicted octanol–water partition coefficient (Wildman–Crippen LogP) is 4.59. The molecule has 0 bridgehead atoms. The standard InChI is InChI=1S/C22H26N2O2/c1-4-22(26)17-8-10-21-19(14-17)18-13-16(15(3)25)7-9-20(18)24(21)12-6-11-23-5-2/h7-10,13-14,23H,4-6,11-12H2,1-3H3. The van der Waals surface area contributed by atoms with Gasteiger partial charge in [-0.15, -0.1) is 0 Å². The number of aromatic nitrogens is 1. The topological polar surface area (TPSA) is 51.1 Å². The summed E-state index contributed by atoms with van der Waals surface area (Å²) in [7, 11) is 0. The van der Waals surface area contributed by atoms with Crippen LogP contribution in [0.2, 0.25) is 0 Å². The van der Waals surface area contributed by atoms with E-state index in [1.807, 2.05) is 43.3 Å². The number of carbonyl (C=O) groups excluding carboxylic acids is 2. The molecule has 26 heavy (non-hydrogen) atoms. The lowest BCUT2D eigenvalue weighted by molar-refractivity contribution is 0.0986. The lowest BCUT2D eigenvalue weighted by atomic mass is 10.0. The maximum atomic E-state index is 12.1. The van der Waals surface area contributed by atoms with Crippen molar-refractivity contribution in [1.29, 1.82) is 0 Å². The van der Waals surface area contributed by atoms with Gasteiger partial charge >= 0.3 is 0 Å². The third-order valence-corrected chi connectivity index (χ3v) is 4.90. The highest BCUT2D eigenvalue weighted by Crippen LogP contribution is 2.31. The Morgan fingerprint density at radius 3 is 2.15 bits per heavy atom. The number of aryl methyl sites for hydroxylation is 1. The molecule has 0 atom stereocenters. The van der Waals surface area contributed by atoms with Gasteiger partial charge in [0.2, 0.25) is 0 Å². The molecule has 4 heteroatoms. The number of Topliss-reactive ketones (excluding diaryl/α,β-unsaturated/α-hetero) is 2. The number of hydrogen-bond donors (Lipinski definition) is 1. The van der Waals surface area contributed by atoms with E-state index in [1.165, 1.54) is 0 Å². The maximum Gasteiger partial charge on any atom is 0.162 e. The van der Waals surface area contributed by atoms with Gasteiger partial charge < -0.3 is 9.88 Å². The van der Waals surface area contributed by atoms with Crippen molar-refractivity contribution in [3.8, 4) is 0 Å². The number of fused-ring (bicyclic) bond motifs is 3.